The zero-order chi connectivity index (χ0) is 15.4. The SMILES string of the molecule is COc1ccc(/C=C2\CCN(Cc3ccccc3)C2=O)cc1. The van der Waals surface area contributed by atoms with Crippen molar-refractivity contribution in [2.75, 3.05) is 13.7 Å². The van der Waals surface area contributed by atoms with Crippen molar-refractivity contribution in [1.29, 1.82) is 0 Å². The molecule has 1 amide bonds. The third-order valence-corrected chi connectivity index (χ3v) is 3.89. The van der Waals surface area contributed by atoms with E-state index in [1.54, 1.807) is 7.11 Å². The van der Waals surface area contributed by atoms with Crippen molar-refractivity contribution in [3.63, 3.8) is 0 Å². The second-order valence-electron chi connectivity index (χ2n) is 5.41. The first-order chi connectivity index (χ1) is 10.8. The number of benzene rings is 2. The molecule has 0 aromatic heterocycles. The molecule has 2 aromatic carbocycles. The van der Waals surface area contributed by atoms with Crippen LogP contribution in [0.2, 0.25) is 0 Å². The second kappa shape index (κ2) is 6.48. The smallest absolute Gasteiger partial charge is 0.250 e. The van der Waals surface area contributed by atoms with Gasteiger partial charge in [0.1, 0.15) is 5.75 Å². The van der Waals surface area contributed by atoms with Crippen molar-refractivity contribution < 1.29 is 9.53 Å². The van der Waals surface area contributed by atoms with E-state index in [1.807, 2.05) is 53.4 Å². The van der Waals surface area contributed by atoms with Gasteiger partial charge in [-0.15, -0.1) is 0 Å². The lowest BCUT2D eigenvalue weighted by atomic mass is 10.1. The Bertz CT molecular complexity index is 674. The second-order valence-corrected chi connectivity index (χ2v) is 5.41. The van der Waals surface area contributed by atoms with Gasteiger partial charge in [-0.1, -0.05) is 42.5 Å². The molecule has 1 fully saturated rings. The molecule has 0 unspecified atom stereocenters. The number of amides is 1. The monoisotopic (exact) mass is 293 g/mol. The molecule has 0 N–H and O–H groups in total. The number of hydrogen-bond acceptors (Lipinski definition) is 2. The number of likely N-dealkylation sites (tertiary alicyclic amines) is 1. The van der Waals surface area contributed by atoms with Gasteiger partial charge in [0.25, 0.3) is 0 Å². The molecule has 1 aliphatic heterocycles. The van der Waals surface area contributed by atoms with Crippen LogP contribution in [0.15, 0.2) is 60.2 Å². The topological polar surface area (TPSA) is 29.5 Å². The van der Waals surface area contributed by atoms with E-state index in [-0.39, 0.29) is 5.91 Å². The Morgan fingerprint density at radius 1 is 1.09 bits per heavy atom. The van der Waals surface area contributed by atoms with Crippen LogP contribution in [0.3, 0.4) is 0 Å². The average molecular weight is 293 g/mol. The summed E-state index contributed by atoms with van der Waals surface area (Å²) in [6.07, 6.45) is 2.78. The van der Waals surface area contributed by atoms with Crippen LogP contribution in [0, 0.1) is 0 Å². The molecular formula is C19H19NO2. The van der Waals surface area contributed by atoms with E-state index in [1.165, 1.54) is 5.56 Å². The van der Waals surface area contributed by atoms with Gasteiger partial charge in [0, 0.05) is 18.7 Å². The molecule has 1 aliphatic rings. The van der Waals surface area contributed by atoms with Crippen molar-refractivity contribution in [3.05, 3.63) is 71.3 Å². The molecule has 1 heterocycles. The third kappa shape index (κ3) is 3.19. The van der Waals surface area contributed by atoms with Gasteiger partial charge in [-0.05, 0) is 35.8 Å². The molecular weight excluding hydrogens is 274 g/mol. The lowest BCUT2D eigenvalue weighted by Gasteiger charge is -2.15. The Morgan fingerprint density at radius 2 is 1.82 bits per heavy atom. The first-order valence-electron chi connectivity index (χ1n) is 7.44. The van der Waals surface area contributed by atoms with Crippen molar-refractivity contribution in [2.24, 2.45) is 0 Å². The van der Waals surface area contributed by atoms with Crippen LogP contribution in [0.4, 0.5) is 0 Å². The Balaban J connectivity index is 1.71. The molecule has 0 spiro atoms. The van der Waals surface area contributed by atoms with E-state index in [0.717, 1.165) is 29.9 Å². The lowest BCUT2D eigenvalue weighted by molar-refractivity contribution is -0.125. The van der Waals surface area contributed by atoms with Crippen LogP contribution in [0.1, 0.15) is 17.5 Å². The number of nitrogens with zero attached hydrogens (tertiary/aromatic N) is 1. The van der Waals surface area contributed by atoms with Crippen molar-refractivity contribution in [2.45, 2.75) is 13.0 Å². The Morgan fingerprint density at radius 3 is 2.50 bits per heavy atom. The van der Waals surface area contributed by atoms with Gasteiger partial charge in [0.05, 0.1) is 7.11 Å². The third-order valence-electron chi connectivity index (χ3n) is 3.89. The zero-order valence-electron chi connectivity index (χ0n) is 12.7. The van der Waals surface area contributed by atoms with Crippen molar-refractivity contribution in [1.82, 2.24) is 4.90 Å². The van der Waals surface area contributed by atoms with Gasteiger partial charge in [-0.25, -0.2) is 0 Å². The normalized spacial score (nSPS) is 16.3. The van der Waals surface area contributed by atoms with Crippen LogP contribution in [0.5, 0.6) is 5.75 Å². The first-order valence-corrected chi connectivity index (χ1v) is 7.44. The van der Waals surface area contributed by atoms with E-state index in [2.05, 4.69) is 12.1 Å². The van der Waals surface area contributed by atoms with Crippen LogP contribution in [-0.4, -0.2) is 24.5 Å². The molecule has 0 radical (unpaired) electrons. The van der Waals surface area contributed by atoms with Crippen LogP contribution < -0.4 is 4.74 Å². The highest BCUT2D eigenvalue weighted by molar-refractivity contribution is 5.99. The quantitative estimate of drug-likeness (QED) is 0.807. The number of ether oxygens (including phenoxy) is 1. The first kappa shape index (κ1) is 14.4. The minimum Gasteiger partial charge on any atom is -0.497 e. The maximum absolute atomic E-state index is 12.5. The van der Waals surface area contributed by atoms with E-state index in [9.17, 15) is 4.79 Å². The molecule has 0 saturated carbocycles. The van der Waals surface area contributed by atoms with Gasteiger partial charge < -0.3 is 9.64 Å². The minimum atomic E-state index is 0.139. The molecule has 3 nitrogen and oxygen atoms in total. The standard InChI is InChI=1S/C19H19NO2/c1-22-18-9-7-15(8-10-18)13-17-11-12-20(19(17)21)14-16-5-3-2-4-6-16/h2-10,13H,11-12,14H2,1H3/b17-13+. The summed E-state index contributed by atoms with van der Waals surface area (Å²) >= 11 is 0. The predicted molar refractivity (Wildman–Crippen MR) is 87.4 cm³/mol. The maximum Gasteiger partial charge on any atom is 0.250 e. The highest BCUT2D eigenvalue weighted by Crippen LogP contribution is 2.23. The fourth-order valence-electron chi connectivity index (χ4n) is 2.66. The summed E-state index contributed by atoms with van der Waals surface area (Å²) in [6, 6.07) is 17.9. The lowest BCUT2D eigenvalue weighted by Crippen LogP contribution is -2.24. The Labute approximate surface area is 130 Å². The Hall–Kier alpha value is -2.55. The van der Waals surface area contributed by atoms with Gasteiger partial charge in [0.15, 0.2) is 0 Å². The van der Waals surface area contributed by atoms with Crippen LogP contribution in [-0.2, 0) is 11.3 Å². The molecule has 3 rings (SSSR count). The molecule has 112 valence electrons. The molecule has 0 aliphatic carbocycles. The summed E-state index contributed by atoms with van der Waals surface area (Å²) in [7, 11) is 1.65. The molecule has 1 saturated heterocycles. The molecule has 0 atom stereocenters. The van der Waals surface area contributed by atoms with Gasteiger partial charge in [0.2, 0.25) is 5.91 Å². The number of carbonyl (C=O) groups excluding carboxylic acids is 1. The number of carbonyl (C=O) groups is 1. The van der Waals surface area contributed by atoms with Gasteiger partial charge in [-0.3, -0.25) is 4.79 Å². The average Bonchev–Trinajstić information content (AvgIpc) is 2.90. The predicted octanol–water partition coefficient (Wildman–Crippen LogP) is 3.51. The van der Waals surface area contributed by atoms with E-state index < -0.39 is 0 Å². The number of hydrogen-bond donors (Lipinski definition) is 0. The molecule has 3 heteroatoms. The van der Waals surface area contributed by atoms with E-state index in [0.29, 0.717) is 6.54 Å². The summed E-state index contributed by atoms with van der Waals surface area (Å²) in [6.45, 7) is 1.47. The highest BCUT2D eigenvalue weighted by atomic mass is 16.5. The van der Waals surface area contributed by atoms with Crippen LogP contribution in [0.25, 0.3) is 6.08 Å². The summed E-state index contributed by atoms with van der Waals surface area (Å²) in [4.78, 5) is 14.4. The largest absolute Gasteiger partial charge is 0.497 e. The summed E-state index contributed by atoms with van der Waals surface area (Å²) in [5.74, 6) is 0.963. The molecule has 2 aromatic rings. The van der Waals surface area contributed by atoms with Crippen LogP contribution >= 0.6 is 0 Å². The number of methoxy groups -OCH3 is 1. The van der Waals surface area contributed by atoms with Crippen molar-refractivity contribution >= 4 is 12.0 Å². The van der Waals surface area contributed by atoms with E-state index >= 15 is 0 Å². The summed E-state index contributed by atoms with van der Waals surface area (Å²) < 4.78 is 5.15. The van der Waals surface area contributed by atoms with Crippen molar-refractivity contribution in [3.8, 4) is 5.75 Å². The number of rotatable bonds is 4. The summed E-state index contributed by atoms with van der Waals surface area (Å²) in [5.41, 5.74) is 3.08. The highest BCUT2D eigenvalue weighted by Gasteiger charge is 2.25. The summed E-state index contributed by atoms with van der Waals surface area (Å²) in [5, 5.41) is 0. The fraction of sp³-hybridized carbons (Fsp3) is 0.211. The van der Waals surface area contributed by atoms with Gasteiger partial charge >= 0.3 is 0 Å². The maximum atomic E-state index is 12.5. The fourth-order valence-corrected chi connectivity index (χ4v) is 2.66. The Kier molecular flexibility index (Phi) is 4.24. The molecule has 22 heavy (non-hydrogen) atoms. The van der Waals surface area contributed by atoms with E-state index in [4.69, 9.17) is 4.74 Å². The zero-order valence-corrected chi connectivity index (χ0v) is 12.7. The minimum absolute atomic E-state index is 0.139. The molecule has 0 bridgehead atoms. The van der Waals surface area contributed by atoms with Gasteiger partial charge in [-0.2, -0.15) is 0 Å².